The number of aromatic carboxylic acids is 1. The van der Waals surface area contributed by atoms with Crippen LogP contribution in [0.4, 0.5) is 0 Å². The third-order valence-electron chi connectivity index (χ3n) is 23.8. The summed E-state index contributed by atoms with van der Waals surface area (Å²) in [5.41, 5.74) is 15.8. The maximum Gasteiger partial charge on any atom is 0.335 e. The van der Waals surface area contributed by atoms with E-state index in [0.29, 0.717) is 233 Å². The van der Waals surface area contributed by atoms with Crippen LogP contribution in [0, 0.1) is 5.92 Å². The summed E-state index contributed by atoms with van der Waals surface area (Å²) in [6.07, 6.45) is 17.9. The number of imidazole rings is 6. The second-order valence-corrected chi connectivity index (χ2v) is 33.5. The highest BCUT2D eigenvalue weighted by Crippen LogP contribution is 2.38. The number of ketones is 2. The quantitative estimate of drug-likeness (QED) is 0.0203. The van der Waals surface area contributed by atoms with Gasteiger partial charge >= 0.3 is 5.97 Å². The zero-order valence-corrected chi connectivity index (χ0v) is 81.0. The van der Waals surface area contributed by atoms with Crippen LogP contribution in [0.2, 0.25) is 0 Å². The summed E-state index contributed by atoms with van der Waals surface area (Å²) < 4.78 is 33.9. The molecule has 1 aliphatic heterocycles. The van der Waals surface area contributed by atoms with Crippen molar-refractivity contribution in [3.63, 3.8) is 0 Å². The first kappa shape index (κ1) is 101. The molecule has 0 atom stereocenters. The number of H-pyrrole nitrogens is 13. The number of carboxylic acid groups (broad SMARTS) is 1. The van der Waals surface area contributed by atoms with Gasteiger partial charge in [0.2, 0.25) is 5.91 Å². The van der Waals surface area contributed by atoms with Crippen LogP contribution in [0.1, 0.15) is 144 Å². The van der Waals surface area contributed by atoms with E-state index in [1.54, 1.807) is 85.9 Å². The van der Waals surface area contributed by atoms with E-state index >= 15 is 0 Å². The Bertz CT molecular complexity index is 8540. The number of hydrogen-bond acceptors (Lipinski definition) is 30. The minimum absolute atomic E-state index is 0.000732. The third kappa shape index (κ3) is 23.2. The van der Waals surface area contributed by atoms with Crippen molar-refractivity contribution in [1.82, 2.24) is 135 Å². The van der Waals surface area contributed by atoms with Gasteiger partial charge in [0.1, 0.15) is 69.4 Å². The number of carbonyl (C=O) groups is 5. The largest absolute Gasteiger partial charge is 0.493 e. The van der Waals surface area contributed by atoms with E-state index in [9.17, 15) is 52.7 Å². The zero-order chi connectivity index (χ0) is 104. The lowest BCUT2D eigenvalue weighted by Gasteiger charge is -2.17. The maximum atomic E-state index is 12.7. The monoisotopic (exact) mass is 2010 g/mol. The standard InChI is InChI=1S/C21H18N4O3.C20H22N4O3.C18H19N5O3.C16H14N6O2.C14H13N5O3.C14H12N4O4/c1-2-28-17-11-14(16(26)10-13-6-4-3-5-7-13)8-9-15(17)19-24-20-18(21(27)25-19)22-12-23-20;1-2-27-16-10-13(15(25)9-12-5-3-4-6-12)7-8-14(16)18-23-19-17(20(26)24-18)21-11-22-19;1-2-26-13-9-11(18(25)23-7-3-4-8-23)5-6-12(13)15-21-16-14(17(24)22-15)19-10-20-16;1-2-24-12-7-9(11-5-6-19-22-11)3-4-10(12)14-20-15-13(16(23)21-14)17-8-18-15;1-2-22-9-5-7(11(15)20)3-4-8(9)12-18-13-10(14(21)19-12)16-6-17-13;1-2-22-9-5-7(14(20)21)3-4-8(9)11-17-12-10(13(19)18-11)15-6-16-12/h3-9,11-12H,2,10H2,1H3,(H2,22,23,24,25,27);7-8,10-12H,2-6,9H2,1H3,(H2,21,22,23,24,26);5-6,9-10H,2-4,7-8H2,1H3,(H2,19,20,21,22,24);3-8H,2H2,1H3,(H,19,22)(H2,17,18,20,21,23);3-6H,2H2,1H3,(H2,15,20)(H2,16,17,18,19,21);3-6H,2H2,1H3,(H,20,21)(H2,15,16,17,18,19). The Balaban J connectivity index is 0.000000122. The lowest BCUT2D eigenvalue weighted by molar-refractivity contribution is 0.0694. The van der Waals surface area contributed by atoms with Gasteiger partial charge in [-0.15, -0.1) is 0 Å². The Hall–Kier alpha value is -19.6. The van der Waals surface area contributed by atoms with Gasteiger partial charge in [0.05, 0.1) is 122 Å². The minimum atomic E-state index is -1.06. The Morgan fingerprint density at radius 1 is 0.356 bits per heavy atom. The number of Topliss-reactive ketones (excluding diaryl/α,β-unsaturated/α-hetero) is 2. The molecule has 1 saturated carbocycles. The van der Waals surface area contributed by atoms with Crippen molar-refractivity contribution in [1.29, 1.82) is 0 Å². The number of rotatable bonds is 28. The van der Waals surface area contributed by atoms with Crippen molar-refractivity contribution in [2.24, 2.45) is 11.7 Å². The smallest absolute Gasteiger partial charge is 0.335 e. The molecule has 1 aliphatic carbocycles. The van der Waals surface area contributed by atoms with Crippen molar-refractivity contribution >= 4 is 96.3 Å². The molecule has 758 valence electrons. The number of primary amides is 1. The molecule has 46 nitrogen and oxygen atoms in total. The number of benzene rings is 7. The first-order valence-electron chi connectivity index (χ1n) is 47.6. The molecule has 0 radical (unpaired) electrons. The molecule has 7 aromatic carbocycles. The summed E-state index contributed by atoms with van der Waals surface area (Å²) in [4.78, 5) is 218. The molecule has 46 heteroatoms. The number of aromatic amines is 13. The first-order valence-corrected chi connectivity index (χ1v) is 47.6. The molecule has 149 heavy (non-hydrogen) atoms. The topological polar surface area (TPSA) is 665 Å². The Morgan fingerprint density at radius 2 is 0.658 bits per heavy atom. The van der Waals surface area contributed by atoms with Crippen LogP contribution in [-0.4, -0.2) is 222 Å². The average Bonchev–Trinajstić information content (AvgIpc) is 1.77. The van der Waals surface area contributed by atoms with Crippen LogP contribution < -0.4 is 67.5 Å². The number of aromatic nitrogens is 26. The predicted octanol–water partition coefficient (Wildman–Crippen LogP) is 12.9. The molecule has 20 aromatic rings. The number of carbonyl (C=O) groups excluding carboxylic acids is 4. The average molecular weight is 2020 g/mol. The highest BCUT2D eigenvalue weighted by molar-refractivity contribution is 6.00. The fraction of sp³-hybridized carbons (Fsp3) is 0.223. The van der Waals surface area contributed by atoms with Crippen LogP contribution in [0.3, 0.4) is 0 Å². The van der Waals surface area contributed by atoms with E-state index in [0.717, 1.165) is 55.6 Å². The van der Waals surface area contributed by atoms with E-state index in [2.05, 4.69) is 130 Å². The van der Waals surface area contributed by atoms with Crippen LogP contribution in [0.25, 0.3) is 147 Å². The second kappa shape index (κ2) is 46.2. The normalized spacial score (nSPS) is 12.1. The number of likely N-dealkylation sites (tertiary alicyclic amines) is 1. The fourth-order valence-corrected chi connectivity index (χ4v) is 16.7. The number of hydrogen-bond donors (Lipinski definition) is 15. The Morgan fingerprint density at radius 3 is 0.987 bits per heavy atom. The van der Waals surface area contributed by atoms with Crippen molar-refractivity contribution in [3.8, 4) is 114 Å². The number of ether oxygens (including phenoxy) is 6. The van der Waals surface area contributed by atoms with Gasteiger partial charge in [0.15, 0.2) is 78.5 Å². The van der Waals surface area contributed by atoms with Gasteiger partial charge in [-0.3, -0.25) is 53.0 Å². The number of fused-ring (bicyclic) bond motifs is 6. The Labute approximate surface area is 840 Å². The van der Waals surface area contributed by atoms with Gasteiger partial charge in [-0.1, -0.05) is 74.2 Å². The fourth-order valence-electron chi connectivity index (χ4n) is 16.7. The van der Waals surface area contributed by atoms with Crippen LogP contribution >= 0.6 is 0 Å². The van der Waals surface area contributed by atoms with Gasteiger partial charge in [-0.05, 0) is 163 Å². The predicted molar refractivity (Wildman–Crippen MR) is 550 cm³/mol. The van der Waals surface area contributed by atoms with Crippen molar-refractivity contribution in [2.75, 3.05) is 52.7 Å². The maximum absolute atomic E-state index is 12.7. The number of nitrogens with two attached hydrogens (primary N) is 1. The zero-order valence-electron chi connectivity index (χ0n) is 81.0. The van der Waals surface area contributed by atoms with Crippen LogP contribution in [0.15, 0.2) is 219 Å². The van der Waals surface area contributed by atoms with E-state index in [-0.39, 0.29) is 73.4 Å². The molecule has 2 amide bonds. The van der Waals surface area contributed by atoms with Crippen LogP contribution in [0.5, 0.6) is 34.5 Å². The molecule has 14 heterocycles. The van der Waals surface area contributed by atoms with Crippen molar-refractivity contribution < 1.29 is 57.5 Å². The van der Waals surface area contributed by atoms with Gasteiger partial charge in [0.25, 0.3) is 39.3 Å². The molecule has 0 unspecified atom stereocenters. The number of nitrogens with zero attached hydrogens (tertiary/aromatic N) is 14. The summed E-state index contributed by atoms with van der Waals surface area (Å²) in [5, 5.41) is 15.9. The van der Waals surface area contributed by atoms with E-state index in [1.807, 2.05) is 94.1 Å². The van der Waals surface area contributed by atoms with E-state index < -0.39 is 11.9 Å². The van der Waals surface area contributed by atoms with E-state index in [1.165, 1.54) is 69.0 Å². The summed E-state index contributed by atoms with van der Waals surface area (Å²) in [5.74, 6) is 3.98. The van der Waals surface area contributed by atoms with Gasteiger partial charge in [-0.2, -0.15) is 5.10 Å². The van der Waals surface area contributed by atoms with Crippen molar-refractivity contribution in [2.45, 2.75) is 92.9 Å². The number of nitrogens with one attached hydrogen (secondary N) is 13. The summed E-state index contributed by atoms with van der Waals surface area (Å²) in [6.45, 7) is 15.2. The number of amides is 2. The molecular formula is C103H98N28O18. The summed E-state index contributed by atoms with van der Waals surface area (Å²) >= 11 is 0. The highest BCUT2D eigenvalue weighted by atomic mass is 16.5. The highest BCUT2D eigenvalue weighted by Gasteiger charge is 2.27. The lowest BCUT2D eigenvalue weighted by Crippen LogP contribution is -2.27. The molecule has 13 aromatic heterocycles. The molecular weight excluding hydrogens is 1920 g/mol. The molecule has 16 N–H and O–H groups in total. The van der Waals surface area contributed by atoms with Gasteiger partial charge in [0, 0.05) is 59.9 Å². The molecule has 22 rings (SSSR count). The van der Waals surface area contributed by atoms with E-state index in [4.69, 9.17) is 39.3 Å². The van der Waals surface area contributed by atoms with Crippen LogP contribution in [-0.2, 0) is 6.42 Å². The van der Waals surface area contributed by atoms with Crippen molar-refractivity contribution in [3.05, 3.63) is 285 Å². The Kier molecular flexibility index (Phi) is 31.3. The summed E-state index contributed by atoms with van der Waals surface area (Å²) in [7, 11) is 0. The SMILES string of the molecule is CCOc1cc(-c2ccn[nH]2)ccc1-c1nc2nc[nH]c2c(=O)[nH]1.CCOc1cc(C(=O)CC2CCCC2)ccc1-c1nc2nc[nH]c2c(=O)[nH]1.CCOc1cc(C(=O)Cc2ccccc2)ccc1-c1nc2nc[nH]c2c(=O)[nH]1.CCOc1cc(C(=O)N2CCCC2)ccc1-c1nc2nc[nH]c2c(=O)[nH]1.CCOc1cc(C(=O)O)ccc1-c1nc2nc[nH]c2c(=O)[nH]1.CCOc1cc(C(N)=O)ccc1-c1nc2nc[nH]c2c(=O)[nH]1. The molecule has 0 spiro atoms. The van der Waals surface area contributed by atoms with Gasteiger partial charge < -0.3 is 104 Å². The second-order valence-electron chi connectivity index (χ2n) is 33.5. The van der Waals surface area contributed by atoms with Gasteiger partial charge in [-0.25, -0.2) is 64.6 Å². The first-order chi connectivity index (χ1) is 72.4. The molecule has 1 saturated heterocycles. The molecule has 0 bridgehead atoms. The minimum Gasteiger partial charge on any atom is -0.493 e. The molecule has 2 fully saturated rings. The molecule has 2 aliphatic rings. The summed E-state index contributed by atoms with van der Waals surface area (Å²) in [6, 6.07) is 41.9. The number of carboxylic acids is 1. The lowest BCUT2D eigenvalue weighted by atomic mass is 9.96. The third-order valence-corrected chi connectivity index (χ3v) is 23.8.